The van der Waals surface area contributed by atoms with Gasteiger partial charge in [0.05, 0.1) is 12.2 Å². The first kappa shape index (κ1) is 12.9. The molecular weight excluding hydrogens is 230 g/mol. The Hall–Kier alpha value is -1.55. The number of nitrogens with zero attached hydrogens (tertiary/aromatic N) is 1. The number of ether oxygens (including phenoxy) is 1. The van der Waals surface area contributed by atoms with E-state index in [1.165, 1.54) is 0 Å². The molecule has 2 rings (SSSR count). The van der Waals surface area contributed by atoms with Gasteiger partial charge < -0.3 is 14.7 Å². The summed E-state index contributed by atoms with van der Waals surface area (Å²) in [4.78, 5) is 14.2. The van der Waals surface area contributed by atoms with Crippen molar-refractivity contribution in [3.8, 4) is 5.75 Å². The summed E-state index contributed by atoms with van der Waals surface area (Å²) in [6.45, 7) is 2.89. The van der Waals surface area contributed by atoms with E-state index in [9.17, 15) is 9.90 Å². The molecule has 0 aromatic heterocycles. The molecule has 4 heteroatoms. The van der Waals surface area contributed by atoms with Crippen LogP contribution in [-0.2, 0) is 4.74 Å². The van der Waals surface area contributed by atoms with Crippen molar-refractivity contribution in [2.75, 3.05) is 20.3 Å². The molecule has 1 amide bonds. The van der Waals surface area contributed by atoms with Crippen molar-refractivity contribution in [2.24, 2.45) is 0 Å². The van der Waals surface area contributed by atoms with Crippen LogP contribution in [0.1, 0.15) is 28.8 Å². The Kier molecular flexibility index (Phi) is 3.87. The summed E-state index contributed by atoms with van der Waals surface area (Å²) in [6.07, 6.45) is 2.09. The maximum atomic E-state index is 12.4. The molecule has 1 N–H and O–H groups in total. The summed E-state index contributed by atoms with van der Waals surface area (Å²) in [5.74, 6) is -0.0127. The van der Waals surface area contributed by atoms with E-state index in [-0.39, 0.29) is 11.7 Å². The second kappa shape index (κ2) is 5.40. The SMILES string of the molecule is COCCN(C(=O)c1cccc(C)c1O)C1CC1. The van der Waals surface area contributed by atoms with Gasteiger partial charge in [0.25, 0.3) is 5.91 Å². The molecule has 1 aromatic carbocycles. The number of phenols is 1. The molecule has 4 nitrogen and oxygen atoms in total. The van der Waals surface area contributed by atoms with Crippen molar-refractivity contribution in [1.82, 2.24) is 4.90 Å². The van der Waals surface area contributed by atoms with Gasteiger partial charge in [-0.2, -0.15) is 0 Å². The van der Waals surface area contributed by atoms with E-state index in [4.69, 9.17) is 4.74 Å². The monoisotopic (exact) mass is 249 g/mol. The maximum absolute atomic E-state index is 12.4. The van der Waals surface area contributed by atoms with Gasteiger partial charge in [0.1, 0.15) is 5.75 Å². The van der Waals surface area contributed by atoms with E-state index in [2.05, 4.69) is 0 Å². The number of benzene rings is 1. The fourth-order valence-electron chi connectivity index (χ4n) is 2.01. The topological polar surface area (TPSA) is 49.8 Å². The van der Waals surface area contributed by atoms with Crippen LogP contribution in [0.5, 0.6) is 5.75 Å². The van der Waals surface area contributed by atoms with Crippen molar-refractivity contribution in [2.45, 2.75) is 25.8 Å². The zero-order valence-corrected chi connectivity index (χ0v) is 10.8. The zero-order chi connectivity index (χ0) is 13.1. The highest BCUT2D eigenvalue weighted by molar-refractivity contribution is 5.97. The van der Waals surface area contributed by atoms with Gasteiger partial charge in [-0.05, 0) is 31.4 Å². The van der Waals surface area contributed by atoms with Gasteiger partial charge in [0.15, 0.2) is 0 Å². The van der Waals surface area contributed by atoms with Crippen LogP contribution in [0.3, 0.4) is 0 Å². The molecule has 0 heterocycles. The van der Waals surface area contributed by atoms with Crippen molar-refractivity contribution >= 4 is 5.91 Å². The Labute approximate surface area is 107 Å². The smallest absolute Gasteiger partial charge is 0.257 e. The normalized spacial score (nSPS) is 14.6. The van der Waals surface area contributed by atoms with E-state index >= 15 is 0 Å². The Morgan fingerprint density at radius 1 is 1.50 bits per heavy atom. The molecule has 1 aromatic rings. The van der Waals surface area contributed by atoms with E-state index in [0.717, 1.165) is 18.4 Å². The van der Waals surface area contributed by atoms with E-state index in [0.29, 0.717) is 24.8 Å². The third-order valence-corrected chi connectivity index (χ3v) is 3.25. The molecule has 98 valence electrons. The minimum Gasteiger partial charge on any atom is -0.507 e. The number of aromatic hydroxyl groups is 1. The molecule has 1 saturated carbocycles. The molecule has 18 heavy (non-hydrogen) atoms. The lowest BCUT2D eigenvalue weighted by Crippen LogP contribution is -2.35. The molecule has 1 aliphatic carbocycles. The van der Waals surface area contributed by atoms with Crippen molar-refractivity contribution in [1.29, 1.82) is 0 Å². The Morgan fingerprint density at radius 2 is 2.22 bits per heavy atom. The first-order valence-corrected chi connectivity index (χ1v) is 6.23. The summed E-state index contributed by atoms with van der Waals surface area (Å²) in [7, 11) is 1.62. The first-order valence-electron chi connectivity index (χ1n) is 6.23. The standard InChI is InChI=1S/C14H19NO3/c1-10-4-3-5-12(13(10)16)14(17)15(8-9-18-2)11-6-7-11/h3-5,11,16H,6-9H2,1-2H3. The number of hydrogen-bond acceptors (Lipinski definition) is 3. The number of rotatable bonds is 5. The third-order valence-electron chi connectivity index (χ3n) is 3.25. The minimum absolute atomic E-state index is 0.0885. The number of hydrogen-bond donors (Lipinski definition) is 1. The molecule has 0 saturated heterocycles. The molecule has 0 unspecified atom stereocenters. The van der Waals surface area contributed by atoms with E-state index in [1.807, 2.05) is 0 Å². The largest absolute Gasteiger partial charge is 0.507 e. The van der Waals surface area contributed by atoms with Crippen LogP contribution < -0.4 is 0 Å². The van der Waals surface area contributed by atoms with Crippen LogP contribution in [0.25, 0.3) is 0 Å². The summed E-state index contributed by atoms with van der Waals surface area (Å²) in [5.41, 5.74) is 1.11. The molecule has 0 radical (unpaired) electrons. The highest BCUT2D eigenvalue weighted by Crippen LogP contribution is 2.30. The molecule has 0 atom stereocenters. The average Bonchev–Trinajstić information content (AvgIpc) is 3.17. The lowest BCUT2D eigenvalue weighted by molar-refractivity contribution is 0.0677. The minimum atomic E-state index is -0.101. The number of carbonyl (C=O) groups excluding carboxylic acids is 1. The Balaban J connectivity index is 2.19. The molecular formula is C14H19NO3. The van der Waals surface area contributed by atoms with Crippen molar-refractivity contribution < 1.29 is 14.6 Å². The first-order chi connectivity index (χ1) is 8.65. The predicted octanol–water partition coefficient (Wildman–Crippen LogP) is 1.95. The van der Waals surface area contributed by atoms with Crippen molar-refractivity contribution in [3.63, 3.8) is 0 Å². The van der Waals surface area contributed by atoms with Gasteiger partial charge in [0.2, 0.25) is 0 Å². The summed E-state index contributed by atoms with van der Waals surface area (Å²) >= 11 is 0. The van der Waals surface area contributed by atoms with Crippen LogP contribution in [-0.4, -0.2) is 42.2 Å². The van der Waals surface area contributed by atoms with Crippen LogP contribution >= 0.6 is 0 Å². The Bertz CT molecular complexity index is 441. The fourth-order valence-corrected chi connectivity index (χ4v) is 2.01. The Morgan fingerprint density at radius 3 is 2.83 bits per heavy atom. The lowest BCUT2D eigenvalue weighted by Gasteiger charge is -2.22. The highest BCUT2D eigenvalue weighted by atomic mass is 16.5. The number of para-hydroxylation sites is 1. The van der Waals surface area contributed by atoms with Gasteiger partial charge in [-0.25, -0.2) is 0 Å². The van der Waals surface area contributed by atoms with Gasteiger partial charge in [-0.1, -0.05) is 12.1 Å². The summed E-state index contributed by atoms with van der Waals surface area (Å²) < 4.78 is 5.03. The number of carbonyl (C=O) groups is 1. The van der Waals surface area contributed by atoms with Crippen LogP contribution in [0.2, 0.25) is 0 Å². The second-order valence-corrected chi connectivity index (χ2v) is 4.69. The summed E-state index contributed by atoms with van der Waals surface area (Å²) in [5, 5.41) is 9.97. The van der Waals surface area contributed by atoms with E-state index in [1.54, 1.807) is 37.1 Å². The van der Waals surface area contributed by atoms with Crippen LogP contribution in [0.4, 0.5) is 0 Å². The number of aryl methyl sites for hydroxylation is 1. The predicted molar refractivity (Wildman–Crippen MR) is 68.8 cm³/mol. The quantitative estimate of drug-likeness (QED) is 0.867. The molecule has 1 aliphatic rings. The van der Waals surface area contributed by atoms with Crippen LogP contribution in [0.15, 0.2) is 18.2 Å². The van der Waals surface area contributed by atoms with Gasteiger partial charge >= 0.3 is 0 Å². The summed E-state index contributed by atoms with van der Waals surface area (Å²) in [6, 6.07) is 5.58. The average molecular weight is 249 g/mol. The molecule has 0 aliphatic heterocycles. The maximum Gasteiger partial charge on any atom is 0.257 e. The molecule has 1 fully saturated rings. The van der Waals surface area contributed by atoms with Gasteiger partial charge in [0, 0.05) is 19.7 Å². The van der Waals surface area contributed by atoms with E-state index < -0.39 is 0 Å². The fraction of sp³-hybridized carbons (Fsp3) is 0.500. The highest BCUT2D eigenvalue weighted by Gasteiger charge is 2.33. The number of methoxy groups -OCH3 is 1. The second-order valence-electron chi connectivity index (χ2n) is 4.69. The van der Waals surface area contributed by atoms with Crippen LogP contribution in [0, 0.1) is 6.92 Å². The zero-order valence-electron chi connectivity index (χ0n) is 10.8. The third kappa shape index (κ3) is 2.64. The number of amides is 1. The van der Waals surface area contributed by atoms with Gasteiger partial charge in [-0.15, -0.1) is 0 Å². The number of phenolic OH excluding ortho intramolecular Hbond substituents is 1. The lowest BCUT2D eigenvalue weighted by atomic mass is 10.1. The van der Waals surface area contributed by atoms with Crippen molar-refractivity contribution in [3.05, 3.63) is 29.3 Å². The molecule has 0 spiro atoms. The molecule has 0 bridgehead atoms. The van der Waals surface area contributed by atoms with Gasteiger partial charge in [-0.3, -0.25) is 4.79 Å².